The minimum atomic E-state index is -0.0920. The lowest BCUT2D eigenvalue weighted by molar-refractivity contribution is -0.117. The number of thiophene rings is 2. The largest absolute Gasteiger partial charge is 0.390 e. The van der Waals surface area contributed by atoms with Crippen LogP contribution in [0.25, 0.3) is 20.9 Å². The molecular weight excluding hydrogens is 466 g/mol. The molecule has 0 spiro atoms. The maximum Gasteiger partial charge on any atom is 0.238 e. The Bertz CT molecular complexity index is 1060. The summed E-state index contributed by atoms with van der Waals surface area (Å²) in [5.41, 5.74) is 10.6. The molecule has 0 aliphatic rings. The molecule has 3 N–H and O–H groups in total. The number of carbonyl (C=O) groups is 1. The first-order valence-electron chi connectivity index (χ1n) is 11.3. The van der Waals surface area contributed by atoms with E-state index in [4.69, 9.17) is 15.2 Å². The number of ether oxygens (including phenoxy) is 2. The van der Waals surface area contributed by atoms with Gasteiger partial charge in [0.2, 0.25) is 5.91 Å². The predicted octanol–water partition coefficient (Wildman–Crippen LogP) is 5.56. The normalized spacial score (nSPS) is 11.8. The number of methoxy groups -OCH3 is 2. The molecule has 184 valence electrons. The monoisotopic (exact) mass is 501 g/mol. The molecule has 0 aliphatic heterocycles. The summed E-state index contributed by atoms with van der Waals surface area (Å²) in [6.45, 7) is 9.38. The van der Waals surface area contributed by atoms with Crippen molar-refractivity contribution in [3.05, 3.63) is 47.3 Å². The average Bonchev–Trinajstić information content (AvgIpc) is 3.43. The molecular formula is C26H35N3O3S2. The van der Waals surface area contributed by atoms with Gasteiger partial charge < -0.3 is 20.5 Å². The fourth-order valence-corrected chi connectivity index (χ4v) is 6.06. The third kappa shape index (κ3) is 6.67. The van der Waals surface area contributed by atoms with Crippen molar-refractivity contribution in [3.63, 3.8) is 0 Å². The quantitative estimate of drug-likeness (QED) is 0.360. The van der Waals surface area contributed by atoms with E-state index < -0.39 is 0 Å². The Hall–Kier alpha value is -2.23. The molecule has 2 aromatic heterocycles. The smallest absolute Gasteiger partial charge is 0.238 e. The average molecular weight is 502 g/mol. The van der Waals surface area contributed by atoms with Crippen molar-refractivity contribution in [2.45, 2.75) is 26.2 Å². The highest BCUT2D eigenvalue weighted by Crippen LogP contribution is 2.50. The third-order valence-electron chi connectivity index (χ3n) is 5.46. The molecule has 0 aliphatic carbocycles. The van der Waals surface area contributed by atoms with Crippen molar-refractivity contribution in [1.29, 1.82) is 0 Å². The Morgan fingerprint density at radius 1 is 1.09 bits per heavy atom. The van der Waals surface area contributed by atoms with E-state index in [1.54, 1.807) is 36.9 Å². The number of nitrogens with zero attached hydrogens (tertiary/aromatic N) is 1. The molecule has 0 saturated carbocycles. The van der Waals surface area contributed by atoms with E-state index in [9.17, 15) is 4.79 Å². The van der Waals surface area contributed by atoms with E-state index in [0.717, 1.165) is 21.8 Å². The van der Waals surface area contributed by atoms with Gasteiger partial charge in [-0.3, -0.25) is 9.69 Å². The lowest BCUT2D eigenvalue weighted by Crippen LogP contribution is -2.37. The Morgan fingerprint density at radius 2 is 1.79 bits per heavy atom. The number of benzene rings is 1. The maximum absolute atomic E-state index is 12.8. The summed E-state index contributed by atoms with van der Waals surface area (Å²) in [4.78, 5) is 17.3. The summed E-state index contributed by atoms with van der Waals surface area (Å²) in [6, 6.07) is 12.2. The summed E-state index contributed by atoms with van der Waals surface area (Å²) in [5, 5.41) is 5.94. The molecule has 6 nitrogen and oxygen atoms in total. The van der Waals surface area contributed by atoms with Gasteiger partial charge in [0.15, 0.2) is 0 Å². The van der Waals surface area contributed by atoms with Crippen molar-refractivity contribution in [2.24, 2.45) is 0 Å². The molecule has 1 amide bonds. The van der Waals surface area contributed by atoms with E-state index in [1.807, 2.05) is 23.1 Å². The Morgan fingerprint density at radius 3 is 2.38 bits per heavy atom. The number of nitrogen functional groups attached to an aromatic ring is 1. The zero-order valence-electron chi connectivity index (χ0n) is 20.6. The van der Waals surface area contributed by atoms with E-state index in [0.29, 0.717) is 26.3 Å². The summed E-state index contributed by atoms with van der Waals surface area (Å²) in [6.07, 6.45) is 0. The van der Waals surface area contributed by atoms with Gasteiger partial charge in [0.25, 0.3) is 0 Å². The number of rotatable bonds is 11. The van der Waals surface area contributed by atoms with E-state index in [-0.39, 0.29) is 17.9 Å². The summed E-state index contributed by atoms with van der Waals surface area (Å²) >= 11 is 3.36. The van der Waals surface area contributed by atoms with Crippen molar-refractivity contribution in [1.82, 2.24) is 4.90 Å². The molecule has 3 aromatic rings. The second kappa shape index (κ2) is 12.0. The van der Waals surface area contributed by atoms with Gasteiger partial charge in [-0.15, -0.1) is 22.7 Å². The van der Waals surface area contributed by atoms with Gasteiger partial charge in [0, 0.05) is 43.4 Å². The number of nitrogens with one attached hydrogen (secondary N) is 1. The van der Waals surface area contributed by atoms with E-state index in [1.165, 1.54) is 15.3 Å². The van der Waals surface area contributed by atoms with Gasteiger partial charge in [-0.1, -0.05) is 39.0 Å². The predicted molar refractivity (Wildman–Crippen MR) is 145 cm³/mol. The lowest BCUT2D eigenvalue weighted by Gasteiger charge is -2.23. The standard InChI is InChI=1S/C26H35N3O3S2/c1-26(2,3)23-22(25(27)34-24(23)20-10-7-15-33-20)18-8-6-9-19(16-18)28-21(30)17-29(11-13-31-4)12-14-32-5/h6-10,15-16H,11-14,17,27H2,1-5H3,(H,28,30). The number of anilines is 2. The molecule has 0 bridgehead atoms. The third-order valence-corrected chi connectivity index (χ3v) is 7.52. The minimum absolute atomic E-state index is 0.0713. The van der Waals surface area contributed by atoms with Crippen molar-refractivity contribution in [2.75, 3.05) is 58.1 Å². The first kappa shape index (κ1) is 26.4. The highest BCUT2D eigenvalue weighted by molar-refractivity contribution is 7.24. The van der Waals surface area contributed by atoms with Crippen LogP contribution in [0.1, 0.15) is 26.3 Å². The number of hydrogen-bond acceptors (Lipinski definition) is 7. The van der Waals surface area contributed by atoms with Crippen LogP contribution in [0.2, 0.25) is 0 Å². The zero-order valence-corrected chi connectivity index (χ0v) is 22.3. The maximum atomic E-state index is 12.8. The lowest BCUT2D eigenvalue weighted by atomic mass is 9.82. The van der Waals surface area contributed by atoms with Gasteiger partial charge >= 0.3 is 0 Å². The molecule has 0 radical (unpaired) electrons. The number of amides is 1. The number of nitrogens with two attached hydrogens (primary N) is 1. The van der Waals surface area contributed by atoms with Crippen molar-refractivity contribution >= 4 is 39.3 Å². The van der Waals surface area contributed by atoms with Crippen molar-refractivity contribution < 1.29 is 14.3 Å². The van der Waals surface area contributed by atoms with Gasteiger partial charge in [-0.05, 0) is 40.1 Å². The molecule has 1 aromatic carbocycles. The Balaban J connectivity index is 1.86. The van der Waals surface area contributed by atoms with E-state index in [2.05, 4.69) is 49.7 Å². The molecule has 2 heterocycles. The van der Waals surface area contributed by atoms with Crippen LogP contribution in [0.3, 0.4) is 0 Å². The van der Waals surface area contributed by atoms with Gasteiger partial charge in [-0.25, -0.2) is 0 Å². The van der Waals surface area contributed by atoms with Gasteiger partial charge in [0.1, 0.15) is 0 Å². The Labute approximate surface area is 210 Å². The highest BCUT2D eigenvalue weighted by atomic mass is 32.1. The number of hydrogen-bond donors (Lipinski definition) is 2. The summed E-state index contributed by atoms with van der Waals surface area (Å²) in [5.74, 6) is -0.0713. The SMILES string of the molecule is COCCN(CCOC)CC(=O)Nc1cccc(-c2c(N)sc(-c3cccs3)c2C(C)(C)C)c1. The highest BCUT2D eigenvalue weighted by Gasteiger charge is 2.28. The fraction of sp³-hybridized carbons (Fsp3) is 0.423. The van der Waals surface area contributed by atoms with Crippen molar-refractivity contribution in [3.8, 4) is 20.9 Å². The van der Waals surface area contributed by atoms with Crippen LogP contribution in [0.5, 0.6) is 0 Å². The van der Waals surface area contributed by atoms with Crippen LogP contribution in [-0.2, 0) is 19.7 Å². The first-order chi connectivity index (χ1) is 16.2. The van der Waals surface area contributed by atoms with Crippen LogP contribution >= 0.6 is 22.7 Å². The topological polar surface area (TPSA) is 76.8 Å². The van der Waals surface area contributed by atoms with E-state index >= 15 is 0 Å². The summed E-state index contributed by atoms with van der Waals surface area (Å²) < 4.78 is 10.3. The molecule has 34 heavy (non-hydrogen) atoms. The Kier molecular flexibility index (Phi) is 9.27. The van der Waals surface area contributed by atoms with Gasteiger partial charge in [0.05, 0.1) is 29.6 Å². The second-order valence-corrected chi connectivity index (χ2v) is 11.2. The fourth-order valence-electron chi connectivity index (χ4n) is 3.90. The molecule has 3 rings (SSSR count). The second-order valence-electron chi connectivity index (χ2n) is 9.16. The van der Waals surface area contributed by atoms with Crippen LogP contribution in [-0.4, -0.2) is 57.9 Å². The zero-order chi connectivity index (χ0) is 24.7. The van der Waals surface area contributed by atoms with Crippen LogP contribution in [0, 0.1) is 0 Å². The summed E-state index contributed by atoms with van der Waals surface area (Å²) in [7, 11) is 3.32. The number of carbonyl (C=O) groups excluding carboxylic acids is 1. The van der Waals surface area contributed by atoms with Gasteiger partial charge in [-0.2, -0.15) is 0 Å². The molecule has 0 fully saturated rings. The minimum Gasteiger partial charge on any atom is -0.390 e. The molecule has 0 saturated heterocycles. The first-order valence-corrected chi connectivity index (χ1v) is 13.0. The molecule has 0 unspecified atom stereocenters. The molecule has 0 atom stereocenters. The van der Waals surface area contributed by atoms with Crippen LogP contribution < -0.4 is 11.1 Å². The van der Waals surface area contributed by atoms with Crippen LogP contribution in [0.15, 0.2) is 41.8 Å². The molecule has 8 heteroatoms. The van der Waals surface area contributed by atoms with Crippen LogP contribution in [0.4, 0.5) is 10.7 Å².